The van der Waals surface area contributed by atoms with E-state index in [2.05, 4.69) is 19.2 Å². The van der Waals surface area contributed by atoms with Crippen LogP contribution in [0.15, 0.2) is 18.2 Å². The maximum absolute atomic E-state index is 13.6. The van der Waals surface area contributed by atoms with Gasteiger partial charge in [-0.3, -0.25) is 0 Å². The molecule has 0 spiro atoms. The maximum atomic E-state index is 13.6. The van der Waals surface area contributed by atoms with Gasteiger partial charge in [0.15, 0.2) is 0 Å². The fourth-order valence-electron chi connectivity index (χ4n) is 3.48. The molecule has 1 aromatic rings. The van der Waals surface area contributed by atoms with Gasteiger partial charge in [0.2, 0.25) is 0 Å². The Bertz CT molecular complexity index is 435. The number of nitrogens with one attached hydrogen (secondary N) is 1. The van der Waals surface area contributed by atoms with Gasteiger partial charge in [0, 0.05) is 6.04 Å². The van der Waals surface area contributed by atoms with Crippen LogP contribution in [0.1, 0.15) is 45.1 Å². The van der Waals surface area contributed by atoms with E-state index >= 15 is 0 Å². The molecular formula is C17H25ClFN. The van der Waals surface area contributed by atoms with Crippen LogP contribution in [0.4, 0.5) is 4.39 Å². The van der Waals surface area contributed by atoms with Gasteiger partial charge in [-0.05, 0) is 55.7 Å². The lowest BCUT2D eigenvalue weighted by molar-refractivity contribution is 0.200. The maximum Gasteiger partial charge on any atom is 0.142 e. The minimum atomic E-state index is -0.299. The van der Waals surface area contributed by atoms with E-state index in [0.29, 0.717) is 17.0 Å². The molecule has 1 nitrogen and oxygen atoms in total. The first kappa shape index (κ1) is 15.8. The minimum absolute atomic E-state index is 0.299. The van der Waals surface area contributed by atoms with Crippen molar-refractivity contribution in [2.75, 3.05) is 6.54 Å². The van der Waals surface area contributed by atoms with Crippen LogP contribution in [0.25, 0.3) is 0 Å². The van der Waals surface area contributed by atoms with E-state index in [1.54, 1.807) is 6.07 Å². The second-order valence-corrected chi connectivity index (χ2v) is 6.31. The molecule has 3 unspecified atom stereocenters. The minimum Gasteiger partial charge on any atom is -0.314 e. The van der Waals surface area contributed by atoms with Crippen LogP contribution >= 0.6 is 11.6 Å². The largest absolute Gasteiger partial charge is 0.314 e. The van der Waals surface area contributed by atoms with Crippen molar-refractivity contribution in [2.45, 2.75) is 52.0 Å². The van der Waals surface area contributed by atoms with E-state index in [0.717, 1.165) is 24.4 Å². The molecule has 0 heterocycles. The molecule has 2 rings (SSSR count). The van der Waals surface area contributed by atoms with Gasteiger partial charge in [-0.2, -0.15) is 0 Å². The lowest BCUT2D eigenvalue weighted by Crippen LogP contribution is -2.41. The fourth-order valence-corrected chi connectivity index (χ4v) is 3.68. The molecule has 0 aliphatic heterocycles. The lowest BCUT2D eigenvalue weighted by atomic mass is 9.74. The number of hydrogen-bond donors (Lipinski definition) is 1. The summed E-state index contributed by atoms with van der Waals surface area (Å²) in [7, 11) is 0. The molecule has 1 aromatic carbocycles. The standard InChI is InChI=1S/C17H25ClFN/c1-3-12-8-9-16(20-4-2)14(10-12)11-13-6-5-7-15(19)17(13)18/h5-7,12,14,16,20H,3-4,8-11H2,1-2H3. The Labute approximate surface area is 126 Å². The average molecular weight is 298 g/mol. The highest BCUT2D eigenvalue weighted by Gasteiger charge is 2.29. The predicted octanol–water partition coefficient (Wildman–Crippen LogP) is 4.83. The molecule has 112 valence electrons. The summed E-state index contributed by atoms with van der Waals surface area (Å²) in [6, 6.07) is 5.70. The normalized spacial score (nSPS) is 26.7. The summed E-state index contributed by atoms with van der Waals surface area (Å²) >= 11 is 6.11. The summed E-state index contributed by atoms with van der Waals surface area (Å²) in [5, 5.41) is 3.90. The Morgan fingerprint density at radius 2 is 2.10 bits per heavy atom. The van der Waals surface area contributed by atoms with Crippen LogP contribution in [0.2, 0.25) is 5.02 Å². The molecule has 1 aliphatic rings. The van der Waals surface area contributed by atoms with E-state index in [1.807, 2.05) is 6.07 Å². The molecule has 1 N–H and O–H groups in total. The monoisotopic (exact) mass is 297 g/mol. The molecule has 20 heavy (non-hydrogen) atoms. The van der Waals surface area contributed by atoms with Gasteiger partial charge in [0.05, 0.1) is 5.02 Å². The molecule has 0 radical (unpaired) electrons. The molecule has 3 atom stereocenters. The number of rotatable bonds is 5. The third-order valence-corrected chi connectivity index (χ3v) is 5.07. The summed E-state index contributed by atoms with van der Waals surface area (Å²) in [6.45, 7) is 5.41. The second-order valence-electron chi connectivity index (χ2n) is 5.93. The topological polar surface area (TPSA) is 12.0 Å². The van der Waals surface area contributed by atoms with Crippen molar-refractivity contribution >= 4 is 11.6 Å². The Hall–Kier alpha value is -0.600. The second kappa shape index (κ2) is 7.42. The molecule has 1 fully saturated rings. The van der Waals surface area contributed by atoms with Gasteiger partial charge in [0.25, 0.3) is 0 Å². The molecular weight excluding hydrogens is 273 g/mol. The van der Waals surface area contributed by atoms with E-state index in [4.69, 9.17) is 11.6 Å². The molecule has 0 aromatic heterocycles. The summed E-state index contributed by atoms with van der Waals surface area (Å²) in [4.78, 5) is 0. The van der Waals surface area contributed by atoms with Crippen molar-refractivity contribution in [3.8, 4) is 0 Å². The zero-order valence-electron chi connectivity index (χ0n) is 12.5. The molecule has 1 aliphatic carbocycles. The average Bonchev–Trinajstić information content (AvgIpc) is 2.46. The first-order valence-electron chi connectivity index (χ1n) is 7.81. The van der Waals surface area contributed by atoms with E-state index in [-0.39, 0.29) is 5.82 Å². The van der Waals surface area contributed by atoms with Crippen molar-refractivity contribution in [3.05, 3.63) is 34.6 Å². The van der Waals surface area contributed by atoms with Crippen molar-refractivity contribution in [1.29, 1.82) is 0 Å². The number of benzene rings is 1. The summed E-state index contributed by atoms with van der Waals surface area (Å²) in [5.74, 6) is 1.07. The molecule has 0 bridgehead atoms. The van der Waals surface area contributed by atoms with Crippen molar-refractivity contribution in [2.24, 2.45) is 11.8 Å². The van der Waals surface area contributed by atoms with Gasteiger partial charge < -0.3 is 5.32 Å². The molecule has 3 heteroatoms. The van der Waals surface area contributed by atoms with Gasteiger partial charge in [-0.15, -0.1) is 0 Å². The summed E-state index contributed by atoms with van der Waals surface area (Å²) < 4.78 is 13.6. The van der Waals surface area contributed by atoms with Gasteiger partial charge in [0.1, 0.15) is 5.82 Å². The number of hydrogen-bond acceptors (Lipinski definition) is 1. The van der Waals surface area contributed by atoms with E-state index in [9.17, 15) is 4.39 Å². The summed E-state index contributed by atoms with van der Waals surface area (Å²) in [5.41, 5.74) is 0.955. The van der Waals surface area contributed by atoms with E-state index < -0.39 is 0 Å². The SMILES string of the molecule is CCNC1CCC(CC)CC1Cc1cccc(F)c1Cl. The Morgan fingerprint density at radius 3 is 2.80 bits per heavy atom. The van der Waals surface area contributed by atoms with Crippen LogP contribution in [0.3, 0.4) is 0 Å². The van der Waals surface area contributed by atoms with Crippen LogP contribution in [0, 0.1) is 17.7 Å². The van der Waals surface area contributed by atoms with Crippen molar-refractivity contribution in [3.63, 3.8) is 0 Å². The highest BCUT2D eigenvalue weighted by Crippen LogP contribution is 2.35. The highest BCUT2D eigenvalue weighted by atomic mass is 35.5. The van der Waals surface area contributed by atoms with Crippen LogP contribution < -0.4 is 5.32 Å². The van der Waals surface area contributed by atoms with E-state index in [1.165, 1.54) is 31.7 Å². The summed E-state index contributed by atoms with van der Waals surface area (Å²) in [6.07, 6.45) is 5.88. The Balaban J connectivity index is 2.12. The molecule has 0 amide bonds. The first-order chi connectivity index (χ1) is 9.65. The Morgan fingerprint density at radius 1 is 1.30 bits per heavy atom. The smallest absolute Gasteiger partial charge is 0.142 e. The zero-order valence-corrected chi connectivity index (χ0v) is 13.2. The third-order valence-electron chi connectivity index (χ3n) is 4.65. The zero-order chi connectivity index (χ0) is 14.5. The fraction of sp³-hybridized carbons (Fsp3) is 0.647. The number of halogens is 2. The van der Waals surface area contributed by atoms with Crippen molar-refractivity contribution in [1.82, 2.24) is 5.32 Å². The van der Waals surface area contributed by atoms with Gasteiger partial charge in [-0.25, -0.2) is 4.39 Å². The first-order valence-corrected chi connectivity index (χ1v) is 8.19. The van der Waals surface area contributed by atoms with Crippen LogP contribution in [-0.4, -0.2) is 12.6 Å². The third kappa shape index (κ3) is 3.73. The van der Waals surface area contributed by atoms with Crippen LogP contribution in [0.5, 0.6) is 0 Å². The van der Waals surface area contributed by atoms with Gasteiger partial charge in [-0.1, -0.05) is 44.0 Å². The lowest BCUT2D eigenvalue weighted by Gasteiger charge is -2.36. The quantitative estimate of drug-likeness (QED) is 0.821. The van der Waals surface area contributed by atoms with Crippen LogP contribution in [-0.2, 0) is 6.42 Å². The molecule has 0 saturated heterocycles. The molecule has 1 saturated carbocycles. The van der Waals surface area contributed by atoms with Crippen molar-refractivity contribution < 1.29 is 4.39 Å². The Kier molecular flexibility index (Phi) is 5.86. The van der Waals surface area contributed by atoms with Gasteiger partial charge >= 0.3 is 0 Å². The predicted molar refractivity (Wildman–Crippen MR) is 83.7 cm³/mol. The highest BCUT2D eigenvalue weighted by molar-refractivity contribution is 6.31.